The van der Waals surface area contributed by atoms with Gasteiger partial charge in [-0.05, 0) is 89.5 Å². The molecule has 2 aliphatic heterocycles. The van der Waals surface area contributed by atoms with Crippen LogP contribution in [0.15, 0.2) is 60.8 Å². The zero-order valence-corrected chi connectivity index (χ0v) is 37.0. The molecular weight excluding hydrogens is 837 g/mol. The van der Waals surface area contributed by atoms with Crippen LogP contribution in [-0.4, -0.2) is 93.1 Å². The van der Waals surface area contributed by atoms with E-state index in [2.05, 4.69) is 31.7 Å². The highest BCUT2D eigenvalue weighted by Gasteiger charge is 2.55. The number of nitrogens with one attached hydrogen (secondary N) is 4. The Morgan fingerprint density at radius 1 is 0.800 bits per heavy atom. The zero-order chi connectivity index (χ0) is 46.1. The van der Waals surface area contributed by atoms with E-state index in [1.54, 1.807) is 32.0 Å². The summed E-state index contributed by atoms with van der Waals surface area (Å²) in [5.74, 6) is -3.77. The normalized spacial score (nSPS) is 21.0. The second-order valence-electron chi connectivity index (χ2n) is 18.6. The van der Waals surface area contributed by atoms with Crippen LogP contribution in [0.25, 0.3) is 44.5 Å². The molecule has 3 aromatic carbocycles. The van der Waals surface area contributed by atoms with Crippen molar-refractivity contribution in [2.75, 3.05) is 27.3 Å². The molecule has 4 heterocycles. The predicted octanol–water partition coefficient (Wildman–Crippen LogP) is 7.97. The number of hydrogen-bond acceptors (Lipinski definition) is 9. The first-order valence-corrected chi connectivity index (χ1v) is 22.0. The Kier molecular flexibility index (Phi) is 10.9. The molecule has 1 saturated carbocycles. The first-order chi connectivity index (χ1) is 31.0. The van der Waals surface area contributed by atoms with Crippen molar-refractivity contribution in [1.29, 1.82) is 5.26 Å². The summed E-state index contributed by atoms with van der Waals surface area (Å²) in [6, 6.07) is 15.2. The molecule has 5 aromatic rings. The van der Waals surface area contributed by atoms with Gasteiger partial charge < -0.3 is 39.9 Å². The summed E-state index contributed by atoms with van der Waals surface area (Å²) in [6.45, 7) is 8.07. The number of rotatable bonds is 10. The van der Waals surface area contributed by atoms with E-state index in [1.165, 1.54) is 37.4 Å². The van der Waals surface area contributed by atoms with Gasteiger partial charge >= 0.3 is 12.2 Å². The number of carbonyl (C=O) groups excluding carboxylic acids is 4. The lowest BCUT2D eigenvalue weighted by atomic mass is 9.98. The first kappa shape index (κ1) is 43.4. The number of aromatic amines is 2. The molecule has 0 bridgehead atoms. The second kappa shape index (κ2) is 16.3. The highest BCUT2D eigenvalue weighted by atomic mass is 19.3. The number of aromatic nitrogens is 4. The minimum atomic E-state index is -3.33. The lowest BCUT2D eigenvalue weighted by Crippen LogP contribution is -2.51. The van der Waals surface area contributed by atoms with Crippen LogP contribution in [-0.2, 0) is 25.0 Å². The van der Waals surface area contributed by atoms with Crippen molar-refractivity contribution in [1.82, 2.24) is 40.4 Å². The lowest BCUT2D eigenvalue weighted by molar-refractivity contribution is -0.136. The van der Waals surface area contributed by atoms with Crippen molar-refractivity contribution in [3.63, 3.8) is 0 Å². The SMILES string of the molecule is COC(=O)N[C@H](C(=O)N1C[C@@H](C#N)C[C@H]1c1ncc(-c2ccc3c(c2)C(F)(F)c2cc(-c4ccc5nc([C@@H]6CC7(CC7)CN6C(=O)[C@@H](NC(=O)OC)C(C)C)[nH]c5c4)ccc2-3)[nH]1)C(C)C. The van der Waals surface area contributed by atoms with Gasteiger partial charge in [0.05, 0.1) is 61.2 Å². The number of amides is 4. The lowest BCUT2D eigenvalue weighted by Gasteiger charge is -2.30. The third-order valence-electron chi connectivity index (χ3n) is 13.7. The predicted molar refractivity (Wildman–Crippen MR) is 235 cm³/mol. The Morgan fingerprint density at radius 3 is 1.98 bits per heavy atom. The van der Waals surface area contributed by atoms with Gasteiger partial charge in [-0.2, -0.15) is 14.0 Å². The number of H-pyrrole nitrogens is 2. The van der Waals surface area contributed by atoms with Gasteiger partial charge in [0.2, 0.25) is 11.8 Å². The maximum atomic E-state index is 16.6. The summed E-state index contributed by atoms with van der Waals surface area (Å²) in [5.41, 5.74) is 4.27. The molecule has 4 N–H and O–H groups in total. The van der Waals surface area contributed by atoms with Crippen LogP contribution in [0.4, 0.5) is 18.4 Å². The minimum Gasteiger partial charge on any atom is -0.453 e. The van der Waals surface area contributed by atoms with E-state index in [9.17, 15) is 24.4 Å². The molecule has 65 heavy (non-hydrogen) atoms. The number of benzene rings is 3. The van der Waals surface area contributed by atoms with Gasteiger partial charge in [0.1, 0.15) is 23.7 Å². The van der Waals surface area contributed by atoms with Crippen LogP contribution in [0, 0.1) is 34.5 Å². The van der Waals surface area contributed by atoms with Crippen molar-refractivity contribution >= 4 is 35.0 Å². The Bertz CT molecular complexity index is 2770. The molecule has 2 aliphatic carbocycles. The number of methoxy groups -OCH3 is 2. The van der Waals surface area contributed by atoms with Gasteiger partial charge in [-0.1, -0.05) is 58.0 Å². The molecule has 5 atom stereocenters. The Hall–Kier alpha value is -6.83. The fraction of sp³-hybridized carbons (Fsp3) is 0.438. The van der Waals surface area contributed by atoms with E-state index in [4.69, 9.17) is 14.5 Å². The number of likely N-dealkylation sites (tertiary alicyclic amines) is 2. The molecule has 9 rings (SSSR count). The zero-order valence-electron chi connectivity index (χ0n) is 37.0. The molecule has 4 aliphatic rings. The van der Waals surface area contributed by atoms with E-state index < -0.39 is 42.2 Å². The number of ether oxygens (including phenoxy) is 2. The number of alkyl halides is 2. The van der Waals surface area contributed by atoms with Crippen molar-refractivity contribution < 1.29 is 37.4 Å². The van der Waals surface area contributed by atoms with E-state index in [0.717, 1.165) is 19.3 Å². The van der Waals surface area contributed by atoms with Crippen molar-refractivity contribution in [2.24, 2.45) is 23.2 Å². The van der Waals surface area contributed by atoms with Crippen LogP contribution < -0.4 is 10.6 Å². The summed E-state index contributed by atoms with van der Waals surface area (Å²) >= 11 is 0. The molecular formula is C48H51F2N9O6. The fourth-order valence-electron chi connectivity index (χ4n) is 9.85. The number of fused-ring (bicyclic) bond motifs is 4. The molecule has 4 amide bonds. The van der Waals surface area contributed by atoms with E-state index in [0.29, 0.717) is 69.2 Å². The van der Waals surface area contributed by atoms with Crippen molar-refractivity contribution in [3.05, 3.63) is 83.6 Å². The van der Waals surface area contributed by atoms with Crippen LogP contribution in [0.2, 0.25) is 0 Å². The molecule has 2 saturated heterocycles. The summed E-state index contributed by atoms with van der Waals surface area (Å²) in [6.07, 6.45) is 3.21. The fourth-order valence-corrected chi connectivity index (χ4v) is 9.85. The van der Waals surface area contributed by atoms with Crippen LogP contribution in [0.5, 0.6) is 0 Å². The van der Waals surface area contributed by atoms with Crippen LogP contribution in [0.1, 0.15) is 88.2 Å². The van der Waals surface area contributed by atoms with Gasteiger partial charge in [0.25, 0.3) is 5.92 Å². The number of hydrogen-bond donors (Lipinski definition) is 4. The highest BCUT2D eigenvalue weighted by Crippen LogP contribution is 2.58. The topological polar surface area (TPSA) is 198 Å². The Morgan fingerprint density at radius 2 is 1.38 bits per heavy atom. The molecule has 15 nitrogen and oxygen atoms in total. The number of imidazole rings is 2. The summed E-state index contributed by atoms with van der Waals surface area (Å²) in [4.78, 5) is 71.6. The molecule has 0 radical (unpaired) electrons. The average Bonchev–Trinajstić information content (AvgIpc) is 3.82. The molecule has 3 fully saturated rings. The quantitative estimate of drug-likeness (QED) is 0.107. The van der Waals surface area contributed by atoms with E-state index in [-0.39, 0.29) is 52.8 Å². The van der Waals surface area contributed by atoms with Gasteiger partial charge in [-0.15, -0.1) is 0 Å². The largest absolute Gasteiger partial charge is 0.453 e. The summed E-state index contributed by atoms with van der Waals surface area (Å²) < 4.78 is 42.8. The van der Waals surface area contributed by atoms with Crippen LogP contribution in [0.3, 0.4) is 0 Å². The van der Waals surface area contributed by atoms with Gasteiger partial charge in [0, 0.05) is 29.8 Å². The van der Waals surface area contributed by atoms with Crippen molar-refractivity contribution in [3.8, 4) is 39.6 Å². The van der Waals surface area contributed by atoms with Gasteiger partial charge in [-0.3, -0.25) is 9.59 Å². The second-order valence-corrected chi connectivity index (χ2v) is 18.6. The van der Waals surface area contributed by atoms with E-state index in [1.807, 2.05) is 43.0 Å². The Labute approximate surface area is 374 Å². The third-order valence-corrected chi connectivity index (χ3v) is 13.7. The number of carbonyl (C=O) groups is 4. The molecule has 2 aromatic heterocycles. The number of alkyl carbamates (subject to hydrolysis) is 2. The minimum absolute atomic E-state index is 0.0262. The number of halogens is 2. The van der Waals surface area contributed by atoms with Crippen molar-refractivity contribution in [2.45, 2.75) is 83.5 Å². The van der Waals surface area contributed by atoms with Crippen LogP contribution >= 0.6 is 0 Å². The number of nitriles is 1. The Balaban J connectivity index is 0.957. The third kappa shape index (κ3) is 7.72. The maximum absolute atomic E-state index is 16.6. The van der Waals surface area contributed by atoms with Gasteiger partial charge in [0.15, 0.2) is 0 Å². The molecule has 338 valence electrons. The molecule has 1 spiro atoms. The average molecular weight is 888 g/mol. The van der Waals surface area contributed by atoms with Gasteiger partial charge in [-0.25, -0.2) is 19.6 Å². The van der Waals surface area contributed by atoms with E-state index >= 15 is 8.78 Å². The summed E-state index contributed by atoms with van der Waals surface area (Å²) in [5, 5.41) is 15.1. The first-order valence-electron chi connectivity index (χ1n) is 22.0. The standard InChI is InChI=1S/C48H51F2N9O6/c1-24(2)39(56-45(62)64-5)43(60)58-22-26(20-51)15-37(58)41-52-21-36(55-41)29-8-11-31-30-10-7-27(16-32(30)48(49,50)33(31)17-29)28-9-12-34-35(18-28)54-42(53-34)38-19-47(13-14-47)23-59(38)44(61)40(25(3)4)57-46(63)65-6/h7-12,16-18,21,24-26,37-40H,13-15,19,22-23H2,1-6H3,(H,52,55)(H,53,54)(H,56,62)(H,57,63)/t26-,37+,38+,39+,40+/m1/s1. The highest BCUT2D eigenvalue weighted by molar-refractivity contribution is 5.89. The number of nitrogens with zero attached hydrogens (tertiary/aromatic N) is 5. The molecule has 0 unspecified atom stereocenters. The molecule has 17 heteroatoms. The maximum Gasteiger partial charge on any atom is 0.407 e. The smallest absolute Gasteiger partial charge is 0.407 e. The summed E-state index contributed by atoms with van der Waals surface area (Å²) in [7, 11) is 2.48. The monoisotopic (exact) mass is 887 g/mol.